The first kappa shape index (κ1) is 33.7. The molecule has 3 amide bonds. The van der Waals surface area contributed by atoms with Crippen molar-refractivity contribution in [2.45, 2.75) is 105 Å². The van der Waals surface area contributed by atoms with Crippen molar-refractivity contribution in [1.82, 2.24) is 15.5 Å². The van der Waals surface area contributed by atoms with Gasteiger partial charge in [-0.3, -0.25) is 9.59 Å². The summed E-state index contributed by atoms with van der Waals surface area (Å²) in [6.45, 7) is 17.2. The van der Waals surface area contributed by atoms with Crippen LogP contribution < -0.4 is 10.6 Å². The predicted octanol–water partition coefficient (Wildman–Crippen LogP) is 6.26. The minimum Gasteiger partial charge on any atom is -0.508 e. The molecular formula is C33H49N3O5. The maximum atomic E-state index is 14.4. The van der Waals surface area contributed by atoms with Crippen molar-refractivity contribution < 1.29 is 24.2 Å². The van der Waals surface area contributed by atoms with Crippen molar-refractivity contribution >= 4 is 17.9 Å². The quantitative estimate of drug-likeness (QED) is 0.281. The van der Waals surface area contributed by atoms with E-state index >= 15 is 0 Å². The zero-order chi connectivity index (χ0) is 30.9. The van der Waals surface area contributed by atoms with Gasteiger partial charge in [-0.2, -0.15) is 0 Å². The lowest BCUT2D eigenvalue weighted by atomic mass is 9.94. The molecule has 226 valence electrons. The van der Waals surface area contributed by atoms with Crippen LogP contribution in [0.15, 0.2) is 48.5 Å². The summed E-state index contributed by atoms with van der Waals surface area (Å²) in [4.78, 5) is 42.9. The Balaban J connectivity index is 2.58. The molecule has 41 heavy (non-hydrogen) atoms. The zero-order valence-electron chi connectivity index (χ0n) is 26.2. The second-order valence-corrected chi connectivity index (χ2v) is 12.6. The van der Waals surface area contributed by atoms with Gasteiger partial charge >= 0.3 is 6.09 Å². The second kappa shape index (κ2) is 14.9. The van der Waals surface area contributed by atoms with Crippen LogP contribution in [0.4, 0.5) is 4.79 Å². The number of carbonyl (C=O) groups is 3. The Morgan fingerprint density at radius 3 is 2.12 bits per heavy atom. The monoisotopic (exact) mass is 567 g/mol. The molecule has 8 heteroatoms. The van der Waals surface area contributed by atoms with Gasteiger partial charge in [0.15, 0.2) is 0 Å². The molecule has 0 saturated heterocycles. The number of aromatic hydroxyl groups is 1. The molecule has 0 spiro atoms. The average molecular weight is 568 g/mol. The summed E-state index contributed by atoms with van der Waals surface area (Å²) in [5.41, 5.74) is 1.37. The lowest BCUT2D eigenvalue weighted by Gasteiger charge is -2.39. The highest BCUT2D eigenvalue weighted by molar-refractivity contribution is 5.92. The van der Waals surface area contributed by atoms with Crippen molar-refractivity contribution in [3.63, 3.8) is 0 Å². The van der Waals surface area contributed by atoms with Gasteiger partial charge in [0.1, 0.15) is 23.4 Å². The summed E-state index contributed by atoms with van der Waals surface area (Å²) >= 11 is 0. The molecule has 2 aromatic carbocycles. The summed E-state index contributed by atoms with van der Waals surface area (Å²) in [6, 6.07) is 12.3. The number of amides is 3. The van der Waals surface area contributed by atoms with Gasteiger partial charge in [-0.05, 0) is 88.1 Å². The van der Waals surface area contributed by atoms with Crippen molar-refractivity contribution in [3.05, 3.63) is 65.2 Å². The zero-order valence-corrected chi connectivity index (χ0v) is 26.2. The lowest BCUT2D eigenvalue weighted by Crippen LogP contribution is -2.57. The Hall–Kier alpha value is -3.55. The summed E-state index contributed by atoms with van der Waals surface area (Å²) in [5, 5.41) is 16.0. The fourth-order valence-electron chi connectivity index (χ4n) is 4.59. The second-order valence-electron chi connectivity index (χ2n) is 12.6. The van der Waals surface area contributed by atoms with E-state index in [4.69, 9.17) is 4.74 Å². The molecule has 2 aromatic rings. The number of hydrogen-bond acceptors (Lipinski definition) is 5. The van der Waals surface area contributed by atoms with Crippen LogP contribution in [0.3, 0.4) is 0 Å². The molecule has 0 bridgehead atoms. The molecule has 0 aliphatic rings. The molecule has 8 nitrogen and oxygen atoms in total. The van der Waals surface area contributed by atoms with Crippen molar-refractivity contribution in [1.29, 1.82) is 0 Å². The highest BCUT2D eigenvalue weighted by Gasteiger charge is 2.40. The number of benzene rings is 2. The van der Waals surface area contributed by atoms with Gasteiger partial charge in [0, 0.05) is 12.6 Å². The highest BCUT2D eigenvalue weighted by atomic mass is 16.6. The molecule has 3 unspecified atom stereocenters. The van der Waals surface area contributed by atoms with Gasteiger partial charge in [0.05, 0.1) is 0 Å². The molecule has 0 saturated carbocycles. The van der Waals surface area contributed by atoms with E-state index in [1.165, 1.54) is 0 Å². The van der Waals surface area contributed by atoms with E-state index in [1.807, 2.05) is 51.1 Å². The molecule has 0 radical (unpaired) electrons. The van der Waals surface area contributed by atoms with Gasteiger partial charge in [0.25, 0.3) is 0 Å². The van der Waals surface area contributed by atoms with Crippen molar-refractivity contribution in [2.24, 2.45) is 11.8 Å². The maximum absolute atomic E-state index is 14.4. The largest absolute Gasteiger partial charge is 0.508 e. The SMILES string of the molecule is Cc1cc(C(C(=O)NCc2ccccc2)N(C(=O)C(NC(=O)OC(C)(C)C)C(C)C)C(C)CCC(C)C)ccc1O. The van der Waals surface area contributed by atoms with Crippen molar-refractivity contribution in [3.8, 4) is 5.75 Å². The van der Waals surface area contributed by atoms with E-state index in [9.17, 15) is 19.5 Å². The number of nitrogens with one attached hydrogen (secondary N) is 2. The van der Waals surface area contributed by atoms with Gasteiger partial charge < -0.3 is 25.4 Å². The number of nitrogens with zero attached hydrogens (tertiary/aromatic N) is 1. The first-order valence-corrected chi connectivity index (χ1v) is 14.5. The van der Waals surface area contributed by atoms with Crippen LogP contribution in [0.5, 0.6) is 5.75 Å². The smallest absolute Gasteiger partial charge is 0.408 e. The topological polar surface area (TPSA) is 108 Å². The van der Waals surface area contributed by atoms with Crippen LogP contribution in [-0.2, 0) is 20.9 Å². The molecule has 0 aromatic heterocycles. The molecule has 0 heterocycles. The Morgan fingerprint density at radius 1 is 0.951 bits per heavy atom. The third-order valence-electron chi connectivity index (χ3n) is 6.87. The average Bonchev–Trinajstić information content (AvgIpc) is 2.88. The Labute approximate surface area is 245 Å². The van der Waals surface area contributed by atoms with Crippen LogP contribution in [0.25, 0.3) is 0 Å². The van der Waals surface area contributed by atoms with Gasteiger partial charge in [-0.25, -0.2) is 4.79 Å². The first-order chi connectivity index (χ1) is 19.1. The molecule has 2 rings (SSSR count). The minimum absolute atomic E-state index is 0.106. The third-order valence-corrected chi connectivity index (χ3v) is 6.87. The number of phenolic OH excluding ortho intramolecular Hbond substituents is 1. The number of aryl methyl sites for hydroxylation is 1. The summed E-state index contributed by atoms with van der Waals surface area (Å²) < 4.78 is 5.47. The fourth-order valence-corrected chi connectivity index (χ4v) is 4.59. The third kappa shape index (κ3) is 10.4. The number of alkyl carbamates (subject to hydrolysis) is 1. The molecule has 3 atom stereocenters. The maximum Gasteiger partial charge on any atom is 0.408 e. The Kier molecular flexibility index (Phi) is 12.2. The number of ether oxygens (including phenoxy) is 1. The van der Waals surface area contributed by atoms with Gasteiger partial charge in [-0.15, -0.1) is 0 Å². The Bertz CT molecular complexity index is 1160. The number of hydrogen-bond donors (Lipinski definition) is 3. The van der Waals surface area contributed by atoms with E-state index in [0.717, 1.165) is 12.0 Å². The molecule has 0 aliphatic carbocycles. The molecule has 3 N–H and O–H groups in total. The Morgan fingerprint density at radius 2 is 1.59 bits per heavy atom. The van der Waals surface area contributed by atoms with Crippen LogP contribution in [0.2, 0.25) is 0 Å². The van der Waals surface area contributed by atoms with Crippen LogP contribution in [0, 0.1) is 18.8 Å². The summed E-state index contributed by atoms with van der Waals surface area (Å²) in [7, 11) is 0. The first-order valence-electron chi connectivity index (χ1n) is 14.5. The number of rotatable bonds is 12. The van der Waals surface area contributed by atoms with Crippen molar-refractivity contribution in [2.75, 3.05) is 0 Å². The van der Waals surface area contributed by atoms with E-state index in [0.29, 0.717) is 30.0 Å². The summed E-state index contributed by atoms with van der Waals surface area (Å²) in [6.07, 6.45) is 0.828. The van der Waals surface area contributed by atoms with E-state index in [1.54, 1.807) is 50.8 Å². The van der Waals surface area contributed by atoms with E-state index < -0.39 is 23.8 Å². The summed E-state index contributed by atoms with van der Waals surface area (Å²) in [5.74, 6) is -0.480. The normalized spacial score (nSPS) is 13.8. The predicted molar refractivity (Wildman–Crippen MR) is 162 cm³/mol. The number of phenols is 1. The number of carbonyl (C=O) groups excluding carboxylic acids is 3. The lowest BCUT2D eigenvalue weighted by molar-refractivity contribution is -0.146. The van der Waals surface area contributed by atoms with E-state index in [2.05, 4.69) is 24.5 Å². The molecule has 0 aliphatic heterocycles. The minimum atomic E-state index is -0.991. The van der Waals surface area contributed by atoms with Gasteiger partial charge in [-0.1, -0.05) is 64.1 Å². The fraction of sp³-hybridized carbons (Fsp3) is 0.545. The molecular weight excluding hydrogens is 518 g/mol. The standard InChI is InChI=1S/C33H49N3O5/c1-21(2)15-16-24(6)36(31(39)28(22(3)4)35-32(40)41-33(7,8)9)29(26-17-18-27(37)23(5)19-26)30(38)34-20-25-13-11-10-12-14-25/h10-14,17-19,21-22,24,28-29,37H,15-16,20H2,1-9H3,(H,34,38)(H,35,40). The molecule has 0 fully saturated rings. The van der Waals surface area contributed by atoms with Crippen LogP contribution in [-0.4, -0.2) is 45.6 Å². The van der Waals surface area contributed by atoms with E-state index in [-0.39, 0.29) is 29.5 Å². The van der Waals surface area contributed by atoms with Gasteiger partial charge in [0.2, 0.25) is 11.8 Å². The van der Waals surface area contributed by atoms with Crippen LogP contribution >= 0.6 is 0 Å². The highest BCUT2D eigenvalue weighted by Crippen LogP contribution is 2.31. The van der Waals surface area contributed by atoms with Crippen LogP contribution in [0.1, 0.15) is 91.0 Å².